The number of carboxylic acid groups (broad SMARTS) is 1. The van der Waals surface area contributed by atoms with Gasteiger partial charge in [-0.05, 0) is 67.8 Å². The molecule has 1 aliphatic heterocycles. The van der Waals surface area contributed by atoms with Crippen LogP contribution >= 0.6 is 24.8 Å². The molecule has 0 radical (unpaired) electrons. The maximum absolute atomic E-state index is 11.0. The molecule has 0 bridgehead atoms. The van der Waals surface area contributed by atoms with E-state index in [1.807, 2.05) is 12.1 Å². The fourth-order valence-corrected chi connectivity index (χ4v) is 3.68. The normalized spacial score (nSPS) is 13.2. The number of anilines is 2. The molecule has 1 saturated heterocycles. The maximum Gasteiger partial charge on any atom is 0.335 e. The SMILES string of the molecule is COCCCCCCOc1ccc(N2CCN(c3ccc(C(=O)O)cc3)CC2)cc1.Cl.Cl. The Hall–Kier alpha value is -2.15. The Morgan fingerprint density at radius 1 is 0.781 bits per heavy atom. The smallest absolute Gasteiger partial charge is 0.335 e. The van der Waals surface area contributed by atoms with E-state index in [0.717, 1.165) is 63.7 Å². The van der Waals surface area contributed by atoms with Gasteiger partial charge in [-0.1, -0.05) is 6.42 Å². The molecule has 0 aromatic heterocycles. The van der Waals surface area contributed by atoms with Gasteiger partial charge in [0.1, 0.15) is 5.75 Å². The van der Waals surface area contributed by atoms with Crippen LogP contribution in [-0.4, -0.2) is 57.6 Å². The molecule has 1 heterocycles. The Labute approximate surface area is 203 Å². The highest BCUT2D eigenvalue weighted by molar-refractivity contribution is 5.88. The predicted molar refractivity (Wildman–Crippen MR) is 135 cm³/mol. The second kappa shape index (κ2) is 14.8. The van der Waals surface area contributed by atoms with E-state index in [-0.39, 0.29) is 24.8 Å². The van der Waals surface area contributed by atoms with E-state index in [1.165, 1.54) is 18.5 Å². The van der Waals surface area contributed by atoms with Crippen molar-refractivity contribution in [3.8, 4) is 5.75 Å². The van der Waals surface area contributed by atoms with Crippen LogP contribution in [0, 0.1) is 0 Å². The summed E-state index contributed by atoms with van der Waals surface area (Å²) in [5.41, 5.74) is 2.61. The highest BCUT2D eigenvalue weighted by Crippen LogP contribution is 2.23. The number of ether oxygens (including phenoxy) is 2. The second-order valence-corrected chi connectivity index (χ2v) is 7.58. The third kappa shape index (κ3) is 8.41. The van der Waals surface area contributed by atoms with E-state index in [9.17, 15) is 4.79 Å². The van der Waals surface area contributed by atoms with Gasteiger partial charge in [0.05, 0.1) is 12.2 Å². The zero-order chi connectivity index (χ0) is 21.2. The predicted octanol–water partition coefficient (Wildman–Crippen LogP) is 5.14. The van der Waals surface area contributed by atoms with Crippen molar-refractivity contribution in [1.82, 2.24) is 0 Å². The zero-order valence-electron chi connectivity index (χ0n) is 18.6. The van der Waals surface area contributed by atoms with Crippen molar-refractivity contribution in [3.05, 3.63) is 54.1 Å². The van der Waals surface area contributed by atoms with Gasteiger partial charge in [0.25, 0.3) is 0 Å². The number of hydrogen-bond acceptors (Lipinski definition) is 5. The largest absolute Gasteiger partial charge is 0.494 e. The molecule has 1 aliphatic rings. The molecular weight excluding hydrogens is 451 g/mol. The van der Waals surface area contributed by atoms with Gasteiger partial charge in [0, 0.05) is 51.3 Å². The maximum atomic E-state index is 11.0. The number of benzene rings is 2. The summed E-state index contributed by atoms with van der Waals surface area (Å²) in [6, 6.07) is 15.5. The third-order valence-electron chi connectivity index (χ3n) is 5.47. The molecule has 1 N–H and O–H groups in total. The van der Waals surface area contributed by atoms with Gasteiger partial charge in [-0.15, -0.1) is 24.8 Å². The first-order valence-electron chi connectivity index (χ1n) is 10.7. The monoisotopic (exact) mass is 484 g/mol. The van der Waals surface area contributed by atoms with Crippen LogP contribution in [0.2, 0.25) is 0 Å². The van der Waals surface area contributed by atoms with E-state index in [1.54, 1.807) is 19.2 Å². The summed E-state index contributed by atoms with van der Waals surface area (Å²) in [7, 11) is 1.74. The molecule has 0 unspecified atom stereocenters. The molecule has 6 nitrogen and oxygen atoms in total. The highest BCUT2D eigenvalue weighted by atomic mass is 35.5. The molecule has 2 aromatic rings. The Morgan fingerprint density at radius 3 is 1.72 bits per heavy atom. The van der Waals surface area contributed by atoms with Gasteiger partial charge >= 0.3 is 5.97 Å². The molecule has 1 fully saturated rings. The van der Waals surface area contributed by atoms with Crippen LogP contribution in [0.15, 0.2) is 48.5 Å². The number of halogens is 2. The summed E-state index contributed by atoms with van der Waals surface area (Å²) in [5, 5.41) is 9.03. The third-order valence-corrected chi connectivity index (χ3v) is 5.47. The first-order chi connectivity index (χ1) is 14.7. The Balaban J connectivity index is 0.00000256. The van der Waals surface area contributed by atoms with Gasteiger partial charge in [0.2, 0.25) is 0 Å². The molecule has 3 rings (SSSR count). The minimum absolute atomic E-state index is 0. The van der Waals surface area contributed by atoms with E-state index >= 15 is 0 Å². The first kappa shape index (κ1) is 27.9. The quantitative estimate of drug-likeness (QED) is 0.445. The van der Waals surface area contributed by atoms with Crippen molar-refractivity contribution >= 4 is 42.2 Å². The lowest BCUT2D eigenvalue weighted by atomic mass is 10.1. The van der Waals surface area contributed by atoms with Gasteiger partial charge in [0.15, 0.2) is 0 Å². The number of piperazine rings is 1. The first-order valence-corrected chi connectivity index (χ1v) is 10.7. The van der Waals surface area contributed by atoms with Crippen LogP contribution in [-0.2, 0) is 4.74 Å². The number of unbranched alkanes of at least 4 members (excludes halogenated alkanes) is 3. The number of aromatic carboxylic acids is 1. The minimum Gasteiger partial charge on any atom is -0.494 e. The summed E-state index contributed by atoms with van der Waals surface area (Å²) in [6.07, 6.45) is 4.55. The van der Waals surface area contributed by atoms with E-state index in [2.05, 4.69) is 34.1 Å². The fraction of sp³-hybridized carbons (Fsp3) is 0.458. The van der Waals surface area contributed by atoms with E-state index in [4.69, 9.17) is 14.6 Å². The number of rotatable bonds is 11. The lowest BCUT2D eigenvalue weighted by Gasteiger charge is -2.37. The number of carboxylic acids is 1. The summed E-state index contributed by atoms with van der Waals surface area (Å²) >= 11 is 0. The lowest BCUT2D eigenvalue weighted by Crippen LogP contribution is -2.46. The Bertz CT molecular complexity index is 780. The van der Waals surface area contributed by atoms with Crippen molar-refractivity contribution in [2.75, 3.05) is 56.3 Å². The summed E-state index contributed by atoms with van der Waals surface area (Å²) in [5.74, 6) is 0.0358. The van der Waals surface area contributed by atoms with Gasteiger partial charge in [-0.2, -0.15) is 0 Å². The standard InChI is InChI=1S/C24H32N2O4.2ClH/c1-29-18-4-2-3-5-19-30-23-12-10-22(11-13-23)26-16-14-25(15-17-26)21-8-6-20(7-9-21)24(27)28;;/h6-13H,2-5,14-19H2,1H3,(H,27,28);2*1H. The van der Waals surface area contributed by atoms with Crippen LogP contribution in [0.1, 0.15) is 36.0 Å². The summed E-state index contributed by atoms with van der Waals surface area (Å²) in [6.45, 7) is 5.28. The van der Waals surface area contributed by atoms with Crippen LogP contribution in [0.5, 0.6) is 5.75 Å². The lowest BCUT2D eigenvalue weighted by molar-refractivity contribution is 0.0697. The molecule has 0 saturated carbocycles. The van der Waals surface area contributed by atoms with Crippen LogP contribution in [0.3, 0.4) is 0 Å². The van der Waals surface area contributed by atoms with Crippen molar-refractivity contribution in [2.45, 2.75) is 25.7 Å². The van der Waals surface area contributed by atoms with Crippen LogP contribution in [0.4, 0.5) is 11.4 Å². The molecule has 32 heavy (non-hydrogen) atoms. The summed E-state index contributed by atoms with van der Waals surface area (Å²) in [4.78, 5) is 15.7. The van der Waals surface area contributed by atoms with Crippen molar-refractivity contribution < 1.29 is 19.4 Å². The number of nitrogens with zero attached hydrogens (tertiary/aromatic N) is 2. The Morgan fingerprint density at radius 2 is 1.25 bits per heavy atom. The highest BCUT2D eigenvalue weighted by Gasteiger charge is 2.18. The van der Waals surface area contributed by atoms with Gasteiger partial charge < -0.3 is 24.4 Å². The van der Waals surface area contributed by atoms with Gasteiger partial charge in [-0.25, -0.2) is 4.79 Å². The fourth-order valence-electron chi connectivity index (χ4n) is 3.68. The molecule has 2 aromatic carbocycles. The number of methoxy groups -OCH3 is 1. The average Bonchev–Trinajstić information content (AvgIpc) is 2.79. The molecule has 8 heteroatoms. The Kier molecular flexibility index (Phi) is 12.9. The summed E-state index contributed by atoms with van der Waals surface area (Å²) < 4.78 is 10.9. The number of carbonyl (C=O) groups is 1. The van der Waals surface area contributed by atoms with Gasteiger partial charge in [-0.3, -0.25) is 0 Å². The molecule has 0 atom stereocenters. The molecule has 0 spiro atoms. The van der Waals surface area contributed by atoms with E-state index in [0.29, 0.717) is 5.56 Å². The average molecular weight is 485 g/mol. The van der Waals surface area contributed by atoms with Crippen molar-refractivity contribution in [1.29, 1.82) is 0 Å². The molecule has 178 valence electrons. The number of hydrogen-bond donors (Lipinski definition) is 1. The second-order valence-electron chi connectivity index (χ2n) is 7.58. The topological polar surface area (TPSA) is 62.2 Å². The van der Waals surface area contributed by atoms with Crippen LogP contribution < -0.4 is 14.5 Å². The van der Waals surface area contributed by atoms with Crippen LogP contribution in [0.25, 0.3) is 0 Å². The molecule has 0 aliphatic carbocycles. The van der Waals surface area contributed by atoms with E-state index < -0.39 is 5.97 Å². The molecule has 0 amide bonds. The van der Waals surface area contributed by atoms with Crippen molar-refractivity contribution in [2.24, 2.45) is 0 Å². The molecular formula is C24H34Cl2N2O4. The zero-order valence-corrected chi connectivity index (χ0v) is 20.2. The van der Waals surface area contributed by atoms with Crippen molar-refractivity contribution in [3.63, 3.8) is 0 Å². The minimum atomic E-state index is -0.888.